The number of ether oxygens (including phenoxy) is 2. The third kappa shape index (κ3) is 3.73. The molecule has 0 radical (unpaired) electrons. The highest BCUT2D eigenvalue weighted by Gasteiger charge is 2.42. The lowest BCUT2D eigenvalue weighted by Crippen LogP contribution is -2.37. The zero-order valence-electron chi connectivity index (χ0n) is 19.9. The van der Waals surface area contributed by atoms with Gasteiger partial charge in [0.05, 0.1) is 33.0 Å². The van der Waals surface area contributed by atoms with Crippen LogP contribution in [0.25, 0.3) is 5.69 Å². The van der Waals surface area contributed by atoms with Gasteiger partial charge in [0.1, 0.15) is 11.6 Å². The smallest absolute Gasteiger partial charge is 0.424 e. The van der Waals surface area contributed by atoms with E-state index in [1.54, 1.807) is 24.1 Å². The van der Waals surface area contributed by atoms with Crippen LogP contribution in [0.15, 0.2) is 36.5 Å². The minimum absolute atomic E-state index is 0.00179. The first-order chi connectivity index (χ1) is 16.7. The average Bonchev–Trinajstić information content (AvgIpc) is 3.54. The Morgan fingerprint density at radius 3 is 2.54 bits per heavy atom. The van der Waals surface area contributed by atoms with Gasteiger partial charge in [-0.3, -0.25) is 0 Å². The van der Waals surface area contributed by atoms with Crippen LogP contribution in [-0.4, -0.2) is 67.4 Å². The molecule has 184 valence electrons. The zero-order valence-corrected chi connectivity index (χ0v) is 20.7. The number of aromatic nitrogens is 3. The highest BCUT2D eigenvalue weighted by molar-refractivity contribution is 7.91. The number of nitrogens with zero attached hydrogens (tertiary/aromatic N) is 6. The summed E-state index contributed by atoms with van der Waals surface area (Å²) in [6.07, 6.45) is 1.57. The van der Waals surface area contributed by atoms with Crippen LogP contribution in [0.4, 0.5) is 22.1 Å². The van der Waals surface area contributed by atoms with Crippen LogP contribution in [0.1, 0.15) is 16.8 Å². The van der Waals surface area contributed by atoms with Gasteiger partial charge in [-0.15, -0.1) is 5.10 Å². The standard InChI is InChI=1S/C23H26N6O5S/c1-15-13-17(33-3)5-6-19(15)26-9-7-18-20(14-16(2)24-22(18)26)27-10-8-21(25-27)28-11-12-29(23(30)34-4)35(28,31)32/h5-6,8,10,13-14H,7,9,11-12H2,1-4H3. The molecule has 0 N–H and O–H groups in total. The fraction of sp³-hybridized carbons (Fsp3) is 0.348. The summed E-state index contributed by atoms with van der Waals surface area (Å²) in [5, 5.41) is 4.56. The molecule has 4 heterocycles. The maximum absolute atomic E-state index is 12.8. The molecule has 0 saturated carbocycles. The van der Waals surface area contributed by atoms with Crippen molar-refractivity contribution in [3.63, 3.8) is 0 Å². The van der Waals surface area contributed by atoms with Gasteiger partial charge in [-0.25, -0.2) is 18.8 Å². The van der Waals surface area contributed by atoms with E-state index in [2.05, 4.69) is 14.7 Å². The molecule has 0 spiro atoms. The molecule has 2 aromatic heterocycles. The number of hydrogen-bond acceptors (Lipinski definition) is 8. The molecule has 12 heteroatoms. The predicted molar refractivity (Wildman–Crippen MR) is 130 cm³/mol. The summed E-state index contributed by atoms with van der Waals surface area (Å²) in [4.78, 5) is 18.9. The molecule has 3 aromatic rings. The summed E-state index contributed by atoms with van der Waals surface area (Å²) >= 11 is 0. The molecule has 11 nitrogen and oxygen atoms in total. The van der Waals surface area contributed by atoms with Gasteiger partial charge in [-0.1, -0.05) is 0 Å². The quantitative estimate of drug-likeness (QED) is 0.540. The second-order valence-electron chi connectivity index (χ2n) is 8.38. The fourth-order valence-corrected chi connectivity index (χ4v) is 6.05. The van der Waals surface area contributed by atoms with Gasteiger partial charge in [-0.05, 0) is 50.1 Å². The number of benzene rings is 1. The third-order valence-electron chi connectivity index (χ3n) is 6.26. The van der Waals surface area contributed by atoms with E-state index in [9.17, 15) is 13.2 Å². The maximum atomic E-state index is 12.8. The van der Waals surface area contributed by atoms with Crippen molar-refractivity contribution in [2.45, 2.75) is 20.3 Å². The zero-order chi connectivity index (χ0) is 24.9. The van der Waals surface area contributed by atoms with Gasteiger partial charge < -0.3 is 14.4 Å². The molecule has 2 aliphatic rings. The molecule has 0 atom stereocenters. The van der Waals surface area contributed by atoms with Crippen LogP contribution in [0.3, 0.4) is 0 Å². The van der Waals surface area contributed by atoms with E-state index in [4.69, 9.17) is 9.72 Å². The van der Waals surface area contributed by atoms with Crippen molar-refractivity contribution in [3.05, 3.63) is 53.3 Å². The molecular weight excluding hydrogens is 472 g/mol. The molecule has 5 rings (SSSR count). The summed E-state index contributed by atoms with van der Waals surface area (Å²) in [7, 11) is -1.25. The SMILES string of the molecule is COC(=O)N1CCN(c2ccn(-c3cc(C)nc4c3CCN4c3ccc(OC)cc3C)n2)S1(=O)=O. The van der Waals surface area contributed by atoms with E-state index in [0.29, 0.717) is 4.31 Å². The van der Waals surface area contributed by atoms with E-state index in [1.807, 2.05) is 38.1 Å². The Kier molecular flexibility index (Phi) is 5.55. The van der Waals surface area contributed by atoms with Crippen molar-refractivity contribution in [1.29, 1.82) is 0 Å². The lowest BCUT2D eigenvalue weighted by molar-refractivity contribution is 0.152. The van der Waals surface area contributed by atoms with Crippen LogP contribution in [0.2, 0.25) is 0 Å². The summed E-state index contributed by atoms with van der Waals surface area (Å²) < 4.78 is 39.1. The Morgan fingerprint density at radius 2 is 1.83 bits per heavy atom. The summed E-state index contributed by atoms with van der Waals surface area (Å²) in [5.74, 6) is 1.90. The van der Waals surface area contributed by atoms with Crippen LogP contribution in [0.5, 0.6) is 5.75 Å². The van der Waals surface area contributed by atoms with E-state index in [0.717, 1.165) is 64.1 Å². The first kappa shape index (κ1) is 23.0. The van der Waals surface area contributed by atoms with Gasteiger partial charge >= 0.3 is 16.3 Å². The molecule has 2 aliphatic heterocycles. The summed E-state index contributed by atoms with van der Waals surface area (Å²) in [6, 6.07) is 9.53. The van der Waals surface area contributed by atoms with Crippen molar-refractivity contribution in [2.24, 2.45) is 0 Å². The van der Waals surface area contributed by atoms with Gasteiger partial charge in [0, 0.05) is 35.8 Å². The number of aryl methyl sites for hydroxylation is 2. The number of carbonyl (C=O) groups excluding carboxylic acids is 1. The number of rotatable bonds is 4. The number of methoxy groups -OCH3 is 2. The Balaban J connectivity index is 1.50. The maximum Gasteiger partial charge on any atom is 0.424 e. The number of amides is 1. The molecule has 1 amide bonds. The fourth-order valence-electron chi connectivity index (χ4n) is 4.59. The highest BCUT2D eigenvalue weighted by Crippen LogP contribution is 2.39. The van der Waals surface area contributed by atoms with Crippen molar-refractivity contribution in [2.75, 3.05) is 43.1 Å². The molecule has 1 saturated heterocycles. The van der Waals surface area contributed by atoms with Crippen molar-refractivity contribution >= 4 is 33.6 Å². The normalized spacial score (nSPS) is 16.5. The Bertz CT molecular complexity index is 1420. The Labute approximate surface area is 203 Å². The van der Waals surface area contributed by atoms with Crippen molar-refractivity contribution in [3.8, 4) is 11.4 Å². The number of fused-ring (bicyclic) bond motifs is 1. The largest absolute Gasteiger partial charge is 0.497 e. The lowest BCUT2D eigenvalue weighted by atomic mass is 10.1. The minimum atomic E-state index is -4.05. The topological polar surface area (TPSA) is 110 Å². The molecule has 0 unspecified atom stereocenters. The first-order valence-electron chi connectivity index (χ1n) is 11.1. The van der Waals surface area contributed by atoms with Crippen LogP contribution in [-0.2, 0) is 21.4 Å². The van der Waals surface area contributed by atoms with Gasteiger partial charge in [0.15, 0.2) is 5.82 Å². The number of anilines is 3. The van der Waals surface area contributed by atoms with E-state index >= 15 is 0 Å². The minimum Gasteiger partial charge on any atom is -0.497 e. The molecule has 1 aromatic carbocycles. The Hall–Kier alpha value is -3.80. The second-order valence-corrected chi connectivity index (χ2v) is 10.2. The molecule has 0 aliphatic carbocycles. The summed E-state index contributed by atoms with van der Waals surface area (Å²) in [5.41, 5.74) is 4.83. The van der Waals surface area contributed by atoms with Gasteiger partial charge in [-0.2, -0.15) is 12.7 Å². The first-order valence-corrected chi connectivity index (χ1v) is 12.5. The molecule has 1 fully saturated rings. The van der Waals surface area contributed by atoms with E-state index in [-0.39, 0.29) is 18.9 Å². The van der Waals surface area contributed by atoms with Gasteiger partial charge in [0.2, 0.25) is 0 Å². The molecular formula is C23H26N6O5S. The summed E-state index contributed by atoms with van der Waals surface area (Å²) in [6.45, 7) is 4.83. The van der Waals surface area contributed by atoms with Crippen molar-refractivity contribution in [1.82, 2.24) is 19.1 Å². The second kappa shape index (κ2) is 8.45. The number of hydrogen-bond donors (Lipinski definition) is 0. The van der Waals surface area contributed by atoms with Gasteiger partial charge in [0.25, 0.3) is 0 Å². The van der Waals surface area contributed by atoms with Crippen LogP contribution < -0.4 is 13.9 Å². The third-order valence-corrected chi connectivity index (χ3v) is 8.08. The lowest BCUT2D eigenvalue weighted by Gasteiger charge is -2.22. The number of carbonyl (C=O) groups is 1. The number of pyridine rings is 1. The average molecular weight is 499 g/mol. The highest BCUT2D eigenvalue weighted by atomic mass is 32.2. The van der Waals surface area contributed by atoms with Crippen molar-refractivity contribution < 1.29 is 22.7 Å². The van der Waals surface area contributed by atoms with E-state index in [1.165, 1.54) is 0 Å². The monoisotopic (exact) mass is 498 g/mol. The van der Waals surface area contributed by atoms with Crippen LogP contribution >= 0.6 is 0 Å². The molecule has 0 bridgehead atoms. The van der Waals surface area contributed by atoms with Crippen LogP contribution in [0, 0.1) is 13.8 Å². The predicted octanol–water partition coefficient (Wildman–Crippen LogP) is 2.72. The molecule has 35 heavy (non-hydrogen) atoms. The van der Waals surface area contributed by atoms with E-state index < -0.39 is 16.3 Å². The Morgan fingerprint density at radius 1 is 1.03 bits per heavy atom.